The number of hydrogen-bond acceptors (Lipinski definition) is 2. The summed E-state index contributed by atoms with van der Waals surface area (Å²) in [5.74, 6) is -0.343. The van der Waals surface area contributed by atoms with Gasteiger partial charge in [-0.2, -0.15) is 0 Å². The van der Waals surface area contributed by atoms with Crippen molar-refractivity contribution in [1.29, 1.82) is 0 Å². The molecule has 2 nitrogen and oxygen atoms in total. The van der Waals surface area contributed by atoms with Crippen molar-refractivity contribution < 1.29 is 4.39 Å². The molecule has 2 N–H and O–H groups in total. The van der Waals surface area contributed by atoms with Crippen LogP contribution in [0.15, 0.2) is 54.7 Å². The zero-order chi connectivity index (χ0) is 14.8. The molecule has 4 heteroatoms. The topological polar surface area (TPSA) is 38.9 Å². The van der Waals surface area contributed by atoms with Crippen molar-refractivity contribution >= 4 is 22.5 Å². The van der Waals surface area contributed by atoms with Gasteiger partial charge in [-0.15, -0.1) is 0 Å². The van der Waals surface area contributed by atoms with Crippen molar-refractivity contribution in [3.8, 4) is 0 Å². The summed E-state index contributed by atoms with van der Waals surface area (Å²) < 4.78 is 13.1. The van der Waals surface area contributed by atoms with Crippen molar-refractivity contribution in [2.45, 2.75) is 12.5 Å². The van der Waals surface area contributed by atoms with Gasteiger partial charge in [-0.05, 0) is 35.7 Å². The molecule has 0 spiro atoms. The summed E-state index contributed by atoms with van der Waals surface area (Å²) in [6.07, 6.45) is 2.29. The van der Waals surface area contributed by atoms with E-state index in [1.807, 2.05) is 30.3 Å². The second kappa shape index (κ2) is 5.80. The number of para-hydroxylation sites is 1. The Morgan fingerprint density at radius 2 is 1.95 bits per heavy atom. The molecule has 0 aliphatic rings. The van der Waals surface area contributed by atoms with Gasteiger partial charge in [-0.1, -0.05) is 41.9 Å². The minimum atomic E-state index is -0.343. The summed E-state index contributed by atoms with van der Waals surface area (Å²) in [5.41, 5.74) is 9.00. The van der Waals surface area contributed by atoms with Gasteiger partial charge in [0.25, 0.3) is 0 Å². The Hall–Kier alpha value is -1.97. The van der Waals surface area contributed by atoms with Crippen LogP contribution in [0, 0.1) is 5.82 Å². The highest BCUT2D eigenvalue weighted by Gasteiger charge is 2.13. The zero-order valence-corrected chi connectivity index (χ0v) is 12.0. The quantitative estimate of drug-likeness (QED) is 0.784. The normalized spacial score (nSPS) is 12.5. The third kappa shape index (κ3) is 2.89. The monoisotopic (exact) mass is 300 g/mol. The van der Waals surface area contributed by atoms with Crippen molar-refractivity contribution in [1.82, 2.24) is 4.98 Å². The highest BCUT2D eigenvalue weighted by Crippen LogP contribution is 2.26. The minimum absolute atomic E-state index is 0.244. The third-order valence-electron chi connectivity index (χ3n) is 3.52. The molecular weight excluding hydrogens is 287 g/mol. The predicted octanol–water partition coefficient (Wildman–Crippen LogP) is 4.27. The molecule has 0 aliphatic heterocycles. The lowest BCUT2D eigenvalue weighted by molar-refractivity contribution is 0.625. The van der Waals surface area contributed by atoms with E-state index in [9.17, 15) is 4.39 Å². The summed E-state index contributed by atoms with van der Waals surface area (Å²) >= 11 is 6.07. The molecule has 1 heterocycles. The van der Waals surface area contributed by atoms with Gasteiger partial charge >= 0.3 is 0 Å². The summed E-state index contributed by atoms with van der Waals surface area (Å²) in [5, 5.41) is 1.45. The predicted molar refractivity (Wildman–Crippen MR) is 83.8 cm³/mol. The zero-order valence-electron chi connectivity index (χ0n) is 11.3. The second-order valence-corrected chi connectivity index (χ2v) is 5.38. The van der Waals surface area contributed by atoms with E-state index >= 15 is 0 Å². The summed E-state index contributed by atoms with van der Waals surface area (Å²) in [6.45, 7) is 0. The summed E-state index contributed by atoms with van der Waals surface area (Å²) in [6, 6.07) is 14.0. The maximum Gasteiger partial charge on any atom is 0.124 e. The standard InChI is InChI=1S/C17H14ClFN2/c18-15-10-13(19)7-6-12(15)9-16(20)14-5-1-3-11-4-2-8-21-17(11)14/h1-8,10,16H,9,20H2. The first-order valence-electron chi connectivity index (χ1n) is 6.68. The fraction of sp³-hybridized carbons (Fsp3) is 0.118. The van der Waals surface area contributed by atoms with Crippen molar-refractivity contribution in [3.05, 3.63) is 76.7 Å². The van der Waals surface area contributed by atoms with Crippen LogP contribution in [0.4, 0.5) is 4.39 Å². The minimum Gasteiger partial charge on any atom is -0.324 e. The van der Waals surface area contributed by atoms with Gasteiger partial charge in [-0.3, -0.25) is 4.98 Å². The molecule has 0 radical (unpaired) electrons. The first kappa shape index (κ1) is 14.0. The van der Waals surface area contributed by atoms with Gasteiger partial charge in [0.1, 0.15) is 5.82 Å². The molecule has 1 aromatic heterocycles. The molecule has 0 aliphatic carbocycles. The first-order valence-corrected chi connectivity index (χ1v) is 7.06. The Morgan fingerprint density at radius 3 is 2.76 bits per heavy atom. The van der Waals surface area contributed by atoms with Gasteiger partial charge in [0, 0.05) is 22.6 Å². The van der Waals surface area contributed by atoms with Gasteiger partial charge in [0.2, 0.25) is 0 Å². The number of fused-ring (bicyclic) bond motifs is 1. The van der Waals surface area contributed by atoms with E-state index in [1.165, 1.54) is 12.1 Å². The van der Waals surface area contributed by atoms with E-state index in [0.29, 0.717) is 11.4 Å². The molecule has 0 saturated heterocycles. The SMILES string of the molecule is NC(Cc1ccc(F)cc1Cl)c1cccc2cccnc12. The lowest BCUT2D eigenvalue weighted by Crippen LogP contribution is -2.14. The van der Waals surface area contributed by atoms with Gasteiger partial charge in [0.15, 0.2) is 0 Å². The number of benzene rings is 2. The van der Waals surface area contributed by atoms with E-state index in [1.54, 1.807) is 12.3 Å². The Bertz CT molecular complexity index is 783. The van der Waals surface area contributed by atoms with E-state index in [0.717, 1.165) is 22.0 Å². The molecule has 0 bridgehead atoms. The Balaban J connectivity index is 1.95. The van der Waals surface area contributed by atoms with Crippen LogP contribution in [0.1, 0.15) is 17.2 Å². The number of hydrogen-bond donors (Lipinski definition) is 1. The number of nitrogens with zero attached hydrogens (tertiary/aromatic N) is 1. The van der Waals surface area contributed by atoms with Crippen LogP contribution in [-0.4, -0.2) is 4.98 Å². The van der Waals surface area contributed by atoms with E-state index in [-0.39, 0.29) is 11.9 Å². The number of aromatic nitrogens is 1. The molecule has 1 unspecified atom stereocenters. The third-order valence-corrected chi connectivity index (χ3v) is 3.87. The number of nitrogens with two attached hydrogens (primary N) is 1. The maximum absolute atomic E-state index is 13.1. The Morgan fingerprint density at radius 1 is 1.14 bits per heavy atom. The van der Waals surface area contributed by atoms with E-state index in [2.05, 4.69) is 4.98 Å². The van der Waals surface area contributed by atoms with E-state index < -0.39 is 0 Å². The van der Waals surface area contributed by atoms with Crippen LogP contribution in [0.25, 0.3) is 10.9 Å². The molecule has 3 aromatic rings. The maximum atomic E-state index is 13.1. The number of rotatable bonds is 3. The summed E-state index contributed by atoms with van der Waals surface area (Å²) in [7, 11) is 0. The molecule has 21 heavy (non-hydrogen) atoms. The largest absolute Gasteiger partial charge is 0.324 e. The Labute approximate surface area is 127 Å². The fourth-order valence-corrected chi connectivity index (χ4v) is 2.71. The van der Waals surface area contributed by atoms with Gasteiger partial charge in [-0.25, -0.2) is 4.39 Å². The van der Waals surface area contributed by atoms with Crippen LogP contribution < -0.4 is 5.73 Å². The number of pyridine rings is 1. The van der Waals surface area contributed by atoms with Crippen LogP contribution in [0.5, 0.6) is 0 Å². The van der Waals surface area contributed by atoms with Crippen LogP contribution in [0.3, 0.4) is 0 Å². The molecule has 0 fully saturated rings. The van der Waals surface area contributed by atoms with Crippen LogP contribution in [-0.2, 0) is 6.42 Å². The lowest BCUT2D eigenvalue weighted by Gasteiger charge is -2.15. The molecule has 106 valence electrons. The molecule has 3 rings (SSSR count). The molecule has 2 aromatic carbocycles. The summed E-state index contributed by atoms with van der Waals surface area (Å²) in [4.78, 5) is 4.41. The Kier molecular flexibility index (Phi) is 3.86. The van der Waals surface area contributed by atoms with Crippen molar-refractivity contribution in [3.63, 3.8) is 0 Å². The first-order chi connectivity index (χ1) is 10.1. The molecule has 0 amide bonds. The average molecular weight is 301 g/mol. The fourth-order valence-electron chi connectivity index (χ4n) is 2.46. The second-order valence-electron chi connectivity index (χ2n) is 4.97. The van der Waals surface area contributed by atoms with Crippen LogP contribution in [0.2, 0.25) is 5.02 Å². The average Bonchev–Trinajstić information content (AvgIpc) is 2.49. The van der Waals surface area contributed by atoms with E-state index in [4.69, 9.17) is 17.3 Å². The van der Waals surface area contributed by atoms with Crippen molar-refractivity contribution in [2.24, 2.45) is 5.73 Å². The molecular formula is C17H14ClFN2. The van der Waals surface area contributed by atoms with Gasteiger partial charge < -0.3 is 5.73 Å². The number of halogens is 2. The molecule has 0 saturated carbocycles. The van der Waals surface area contributed by atoms with Crippen LogP contribution >= 0.6 is 11.6 Å². The molecule has 1 atom stereocenters. The van der Waals surface area contributed by atoms with Gasteiger partial charge in [0.05, 0.1) is 5.52 Å². The smallest absolute Gasteiger partial charge is 0.124 e. The lowest BCUT2D eigenvalue weighted by atomic mass is 9.97. The van der Waals surface area contributed by atoms with Crippen molar-refractivity contribution in [2.75, 3.05) is 0 Å². The highest BCUT2D eigenvalue weighted by molar-refractivity contribution is 6.31. The highest BCUT2D eigenvalue weighted by atomic mass is 35.5.